The first-order valence-corrected chi connectivity index (χ1v) is 3.85. The minimum Gasteiger partial charge on any atom is -0.481 e. The van der Waals surface area contributed by atoms with E-state index in [0.717, 1.165) is 12.8 Å². The standard InChI is InChI=1S/C9H16O2/c1-4-5-6-7-9(2,3)8(10)11/h4H,1,5-7H2,2-3H3,(H,10,11). The van der Waals surface area contributed by atoms with E-state index in [1.165, 1.54) is 0 Å². The molecule has 0 radical (unpaired) electrons. The third-order valence-corrected chi connectivity index (χ3v) is 1.79. The highest BCUT2D eigenvalue weighted by atomic mass is 16.4. The molecule has 64 valence electrons. The van der Waals surface area contributed by atoms with Gasteiger partial charge in [0, 0.05) is 0 Å². The summed E-state index contributed by atoms with van der Waals surface area (Å²) < 4.78 is 0. The van der Waals surface area contributed by atoms with Gasteiger partial charge in [0.25, 0.3) is 0 Å². The summed E-state index contributed by atoms with van der Waals surface area (Å²) in [7, 11) is 0. The van der Waals surface area contributed by atoms with Gasteiger partial charge >= 0.3 is 5.97 Å². The first-order chi connectivity index (χ1) is 5.00. The van der Waals surface area contributed by atoms with E-state index in [-0.39, 0.29) is 0 Å². The van der Waals surface area contributed by atoms with Gasteiger partial charge in [-0.05, 0) is 33.1 Å². The third-order valence-electron chi connectivity index (χ3n) is 1.79. The van der Waals surface area contributed by atoms with Gasteiger partial charge in [0.2, 0.25) is 0 Å². The molecule has 0 unspecified atom stereocenters. The van der Waals surface area contributed by atoms with Crippen molar-refractivity contribution in [2.45, 2.75) is 33.1 Å². The van der Waals surface area contributed by atoms with Crippen molar-refractivity contribution in [3.63, 3.8) is 0 Å². The molecule has 0 amide bonds. The third kappa shape index (κ3) is 3.81. The molecule has 0 bridgehead atoms. The van der Waals surface area contributed by atoms with E-state index in [4.69, 9.17) is 5.11 Å². The van der Waals surface area contributed by atoms with Gasteiger partial charge in [-0.15, -0.1) is 6.58 Å². The second-order valence-electron chi connectivity index (χ2n) is 3.37. The van der Waals surface area contributed by atoms with E-state index in [9.17, 15) is 4.79 Å². The number of carbonyl (C=O) groups is 1. The Labute approximate surface area is 67.9 Å². The Balaban J connectivity index is 3.72. The fraction of sp³-hybridized carbons (Fsp3) is 0.667. The number of aliphatic carboxylic acids is 1. The zero-order valence-electron chi connectivity index (χ0n) is 7.26. The summed E-state index contributed by atoms with van der Waals surface area (Å²) in [4.78, 5) is 10.6. The number of unbranched alkanes of at least 4 members (excludes halogenated alkanes) is 1. The number of hydrogen-bond donors (Lipinski definition) is 1. The summed E-state index contributed by atoms with van der Waals surface area (Å²) in [6.07, 6.45) is 4.34. The first-order valence-electron chi connectivity index (χ1n) is 3.85. The largest absolute Gasteiger partial charge is 0.481 e. The highest BCUT2D eigenvalue weighted by molar-refractivity contribution is 5.73. The molecule has 0 rings (SSSR count). The van der Waals surface area contributed by atoms with Crippen molar-refractivity contribution in [2.75, 3.05) is 0 Å². The van der Waals surface area contributed by atoms with Crippen LogP contribution in [0.5, 0.6) is 0 Å². The van der Waals surface area contributed by atoms with Crippen LogP contribution in [0, 0.1) is 5.41 Å². The quantitative estimate of drug-likeness (QED) is 0.490. The lowest BCUT2D eigenvalue weighted by Crippen LogP contribution is -2.23. The van der Waals surface area contributed by atoms with Crippen LogP contribution in [0.4, 0.5) is 0 Å². The SMILES string of the molecule is C=CCCCC(C)(C)C(=O)O. The van der Waals surface area contributed by atoms with Crippen LogP contribution >= 0.6 is 0 Å². The summed E-state index contributed by atoms with van der Waals surface area (Å²) in [5, 5.41) is 8.71. The van der Waals surface area contributed by atoms with Crippen LogP contribution in [-0.2, 0) is 4.79 Å². The average molecular weight is 156 g/mol. The molecule has 0 saturated carbocycles. The number of hydrogen-bond acceptors (Lipinski definition) is 1. The smallest absolute Gasteiger partial charge is 0.309 e. The van der Waals surface area contributed by atoms with E-state index in [0.29, 0.717) is 6.42 Å². The molecule has 0 aliphatic carbocycles. The minimum absolute atomic E-state index is 0.580. The lowest BCUT2D eigenvalue weighted by atomic mass is 9.87. The lowest BCUT2D eigenvalue weighted by Gasteiger charge is -2.17. The van der Waals surface area contributed by atoms with Crippen LogP contribution in [-0.4, -0.2) is 11.1 Å². The molecule has 2 nitrogen and oxygen atoms in total. The fourth-order valence-electron chi connectivity index (χ4n) is 0.795. The minimum atomic E-state index is -0.721. The van der Waals surface area contributed by atoms with Crippen molar-refractivity contribution in [3.05, 3.63) is 12.7 Å². The van der Waals surface area contributed by atoms with Crippen LogP contribution < -0.4 is 0 Å². The molecule has 0 heterocycles. The summed E-state index contributed by atoms with van der Waals surface area (Å²) in [5.41, 5.74) is -0.580. The highest BCUT2D eigenvalue weighted by Crippen LogP contribution is 2.23. The summed E-state index contributed by atoms with van der Waals surface area (Å²) >= 11 is 0. The normalized spacial score (nSPS) is 11.1. The maximum absolute atomic E-state index is 10.6. The molecule has 0 aliphatic heterocycles. The molecular formula is C9H16O2. The van der Waals surface area contributed by atoms with Crippen molar-refractivity contribution < 1.29 is 9.90 Å². The zero-order valence-corrected chi connectivity index (χ0v) is 7.26. The van der Waals surface area contributed by atoms with Crippen LogP contribution in [0.3, 0.4) is 0 Å². The molecule has 0 aromatic heterocycles. The number of carboxylic acid groups (broad SMARTS) is 1. The number of rotatable bonds is 5. The van der Waals surface area contributed by atoms with Gasteiger partial charge in [-0.2, -0.15) is 0 Å². The molecule has 0 spiro atoms. The number of carboxylic acids is 1. The molecule has 0 fully saturated rings. The maximum Gasteiger partial charge on any atom is 0.309 e. The molecule has 0 aliphatic rings. The van der Waals surface area contributed by atoms with Gasteiger partial charge in [0.1, 0.15) is 0 Å². The van der Waals surface area contributed by atoms with Gasteiger partial charge in [0.15, 0.2) is 0 Å². The Morgan fingerprint density at radius 2 is 2.18 bits per heavy atom. The first kappa shape index (κ1) is 10.2. The molecule has 11 heavy (non-hydrogen) atoms. The summed E-state index contributed by atoms with van der Waals surface area (Å²) in [6.45, 7) is 7.07. The van der Waals surface area contributed by atoms with Crippen molar-refractivity contribution in [1.82, 2.24) is 0 Å². The second kappa shape index (κ2) is 4.16. The van der Waals surface area contributed by atoms with Gasteiger partial charge in [-0.1, -0.05) is 6.08 Å². The van der Waals surface area contributed by atoms with Crippen LogP contribution in [0.2, 0.25) is 0 Å². The van der Waals surface area contributed by atoms with Crippen molar-refractivity contribution in [1.29, 1.82) is 0 Å². The van der Waals surface area contributed by atoms with Crippen LogP contribution in [0.15, 0.2) is 12.7 Å². The monoisotopic (exact) mass is 156 g/mol. The van der Waals surface area contributed by atoms with Gasteiger partial charge in [0.05, 0.1) is 5.41 Å². The van der Waals surface area contributed by atoms with E-state index >= 15 is 0 Å². The predicted molar refractivity (Wildman–Crippen MR) is 45.5 cm³/mol. The lowest BCUT2D eigenvalue weighted by molar-refractivity contribution is -0.147. The Morgan fingerprint density at radius 1 is 1.64 bits per heavy atom. The van der Waals surface area contributed by atoms with E-state index in [1.807, 2.05) is 6.08 Å². The molecule has 0 atom stereocenters. The Hall–Kier alpha value is -0.790. The van der Waals surface area contributed by atoms with Gasteiger partial charge in [-0.25, -0.2) is 0 Å². The van der Waals surface area contributed by atoms with Crippen LogP contribution in [0.25, 0.3) is 0 Å². The topological polar surface area (TPSA) is 37.3 Å². The number of allylic oxidation sites excluding steroid dienone is 1. The van der Waals surface area contributed by atoms with E-state index < -0.39 is 11.4 Å². The van der Waals surface area contributed by atoms with Gasteiger partial charge in [-0.3, -0.25) is 4.79 Å². The van der Waals surface area contributed by atoms with E-state index in [2.05, 4.69) is 6.58 Å². The molecule has 0 aromatic carbocycles. The molecule has 1 N–H and O–H groups in total. The maximum atomic E-state index is 10.6. The molecule has 2 heteroatoms. The van der Waals surface area contributed by atoms with Crippen LogP contribution in [0.1, 0.15) is 33.1 Å². The molecular weight excluding hydrogens is 140 g/mol. The Morgan fingerprint density at radius 3 is 2.55 bits per heavy atom. The predicted octanol–water partition coefficient (Wildman–Crippen LogP) is 2.45. The van der Waals surface area contributed by atoms with Crippen molar-refractivity contribution in [3.8, 4) is 0 Å². The van der Waals surface area contributed by atoms with E-state index in [1.54, 1.807) is 13.8 Å². The summed E-state index contributed by atoms with van der Waals surface area (Å²) in [6, 6.07) is 0. The molecule has 0 aromatic rings. The fourth-order valence-corrected chi connectivity index (χ4v) is 0.795. The van der Waals surface area contributed by atoms with Crippen molar-refractivity contribution >= 4 is 5.97 Å². The highest BCUT2D eigenvalue weighted by Gasteiger charge is 2.25. The Kier molecular flexibility index (Phi) is 3.86. The van der Waals surface area contributed by atoms with Gasteiger partial charge < -0.3 is 5.11 Å². The molecule has 0 saturated heterocycles. The Bertz CT molecular complexity index is 148. The summed E-state index contributed by atoms with van der Waals surface area (Å²) in [5.74, 6) is -0.721. The zero-order chi connectivity index (χ0) is 8.91. The van der Waals surface area contributed by atoms with Crippen molar-refractivity contribution in [2.24, 2.45) is 5.41 Å². The second-order valence-corrected chi connectivity index (χ2v) is 3.37. The average Bonchev–Trinajstić information content (AvgIpc) is 1.88.